The predicted octanol–water partition coefficient (Wildman–Crippen LogP) is 9.90. The lowest BCUT2D eigenvalue weighted by Gasteiger charge is -2.25. The lowest BCUT2D eigenvalue weighted by atomic mass is 10.0. The van der Waals surface area contributed by atoms with Gasteiger partial charge in [0.25, 0.3) is 0 Å². The Morgan fingerprint density at radius 3 is 1.78 bits per heavy atom. The van der Waals surface area contributed by atoms with Crippen LogP contribution in [0.25, 0.3) is 0 Å². The summed E-state index contributed by atoms with van der Waals surface area (Å²) in [5.74, 6) is -0.196. The minimum absolute atomic E-state index is 0.0566. The molecular weight excluding hydrogens is 635 g/mol. The number of hydrogen-bond acceptors (Lipinski definition) is 5. The number of nitrogens with zero attached hydrogens (tertiary/aromatic N) is 1. The van der Waals surface area contributed by atoms with Gasteiger partial charge >= 0.3 is 7.82 Å². The molecule has 0 spiro atoms. The Labute approximate surface area is 301 Å². The van der Waals surface area contributed by atoms with Gasteiger partial charge in [-0.25, -0.2) is 4.57 Å². The van der Waals surface area contributed by atoms with Gasteiger partial charge in [-0.2, -0.15) is 0 Å². The number of carbonyl (C=O) groups is 1. The van der Waals surface area contributed by atoms with Gasteiger partial charge < -0.3 is 19.8 Å². The van der Waals surface area contributed by atoms with Crippen LogP contribution in [0.1, 0.15) is 136 Å². The number of carbonyl (C=O) groups excluding carboxylic acids is 1. The molecule has 284 valence electrons. The number of unbranched alkanes of at least 4 members (excludes halogenated alkanes) is 12. The number of aliphatic hydroxyl groups is 1. The van der Waals surface area contributed by atoms with Crippen molar-refractivity contribution in [3.63, 3.8) is 0 Å². The van der Waals surface area contributed by atoms with Crippen LogP contribution in [0, 0.1) is 0 Å². The second-order valence-electron chi connectivity index (χ2n) is 13.9. The van der Waals surface area contributed by atoms with Gasteiger partial charge in [-0.3, -0.25) is 13.8 Å². The fraction of sp³-hybridized carbons (Fsp3) is 0.725. The number of quaternary nitrogens is 1. The highest BCUT2D eigenvalue weighted by Crippen LogP contribution is 2.43. The van der Waals surface area contributed by atoms with Crippen molar-refractivity contribution < 1.29 is 32.9 Å². The van der Waals surface area contributed by atoms with E-state index in [1.807, 2.05) is 27.2 Å². The second-order valence-corrected chi connectivity index (χ2v) is 15.4. The van der Waals surface area contributed by atoms with Crippen molar-refractivity contribution in [2.75, 3.05) is 40.9 Å². The third kappa shape index (κ3) is 34.4. The summed E-state index contributed by atoms with van der Waals surface area (Å²) >= 11 is 0. The summed E-state index contributed by atoms with van der Waals surface area (Å²) < 4.78 is 23.2. The molecule has 0 saturated carbocycles. The first-order valence-corrected chi connectivity index (χ1v) is 20.7. The highest BCUT2D eigenvalue weighted by Gasteiger charge is 2.27. The molecule has 0 heterocycles. The van der Waals surface area contributed by atoms with Crippen molar-refractivity contribution in [2.45, 2.75) is 148 Å². The van der Waals surface area contributed by atoms with E-state index in [2.05, 4.69) is 67.8 Å². The van der Waals surface area contributed by atoms with Crippen molar-refractivity contribution in [3.05, 3.63) is 60.8 Å². The molecule has 9 heteroatoms. The maximum absolute atomic E-state index is 12.7. The van der Waals surface area contributed by atoms with Crippen molar-refractivity contribution in [1.82, 2.24) is 5.32 Å². The van der Waals surface area contributed by atoms with Crippen LogP contribution in [0.5, 0.6) is 0 Å². The minimum atomic E-state index is -4.32. The molecule has 0 aromatic heterocycles. The molecule has 0 aliphatic rings. The lowest BCUT2D eigenvalue weighted by Crippen LogP contribution is -2.45. The van der Waals surface area contributed by atoms with Crippen molar-refractivity contribution in [2.24, 2.45) is 0 Å². The van der Waals surface area contributed by atoms with Crippen LogP contribution in [0.3, 0.4) is 0 Å². The molecular formula is C40H74N2O6P+. The highest BCUT2D eigenvalue weighted by atomic mass is 31.2. The van der Waals surface area contributed by atoms with E-state index in [-0.39, 0.29) is 19.1 Å². The van der Waals surface area contributed by atoms with E-state index in [0.29, 0.717) is 17.4 Å². The minimum Gasteiger partial charge on any atom is -0.387 e. The Morgan fingerprint density at radius 1 is 0.714 bits per heavy atom. The van der Waals surface area contributed by atoms with Crippen LogP contribution in [0.15, 0.2) is 60.8 Å². The topological polar surface area (TPSA) is 105 Å². The molecule has 0 aliphatic heterocycles. The average Bonchev–Trinajstić information content (AvgIpc) is 3.04. The van der Waals surface area contributed by atoms with E-state index in [4.69, 9.17) is 9.05 Å². The first-order chi connectivity index (χ1) is 23.5. The maximum atomic E-state index is 12.7. The summed E-state index contributed by atoms with van der Waals surface area (Å²) in [7, 11) is 1.55. The van der Waals surface area contributed by atoms with Gasteiger partial charge in [0.05, 0.1) is 39.9 Å². The SMILES string of the molecule is CC/C=C\C/C=C\C/C=C\C/C=C\CCCCCCCCCCCCC(=O)NC(COP(=O)(O)OCC[N+](C)(C)C)C(O)/C=C/CCCC. The Morgan fingerprint density at radius 2 is 1.22 bits per heavy atom. The molecule has 8 nitrogen and oxygen atoms in total. The number of aliphatic hydroxyl groups excluding tert-OH is 1. The molecule has 49 heavy (non-hydrogen) atoms. The van der Waals surface area contributed by atoms with Crippen molar-refractivity contribution in [1.29, 1.82) is 0 Å². The molecule has 0 fully saturated rings. The number of phosphoric acid groups is 1. The molecule has 0 saturated heterocycles. The van der Waals surface area contributed by atoms with E-state index < -0.39 is 20.0 Å². The first kappa shape index (κ1) is 47.2. The fourth-order valence-corrected chi connectivity index (χ4v) is 5.63. The summed E-state index contributed by atoms with van der Waals surface area (Å²) in [6.45, 7) is 4.51. The monoisotopic (exact) mass is 710 g/mol. The van der Waals surface area contributed by atoms with Crippen molar-refractivity contribution in [3.8, 4) is 0 Å². The molecule has 0 rings (SSSR count). The molecule has 0 aliphatic carbocycles. The summed E-state index contributed by atoms with van der Waals surface area (Å²) in [6, 6.07) is -0.846. The van der Waals surface area contributed by atoms with E-state index in [9.17, 15) is 19.4 Å². The number of allylic oxidation sites excluding steroid dienone is 9. The summed E-state index contributed by atoms with van der Waals surface area (Å²) in [5.41, 5.74) is 0. The van der Waals surface area contributed by atoms with Crippen LogP contribution in [-0.4, -0.2) is 73.4 Å². The van der Waals surface area contributed by atoms with Gasteiger partial charge in [0.15, 0.2) is 0 Å². The maximum Gasteiger partial charge on any atom is 0.472 e. The van der Waals surface area contributed by atoms with Crippen LogP contribution in [-0.2, 0) is 18.4 Å². The molecule has 3 N–H and O–H groups in total. The van der Waals surface area contributed by atoms with Gasteiger partial charge in [-0.05, 0) is 51.4 Å². The summed E-state index contributed by atoms with van der Waals surface area (Å²) in [4.78, 5) is 22.8. The third-order valence-corrected chi connectivity index (χ3v) is 8.98. The number of phosphoric ester groups is 1. The zero-order valence-electron chi connectivity index (χ0n) is 31.9. The largest absolute Gasteiger partial charge is 0.472 e. The normalized spacial score (nSPS) is 15.3. The van der Waals surface area contributed by atoms with Gasteiger partial charge in [-0.15, -0.1) is 0 Å². The number of rotatable bonds is 33. The molecule has 0 aromatic rings. The molecule has 3 unspecified atom stereocenters. The van der Waals surface area contributed by atoms with Gasteiger partial charge in [0, 0.05) is 6.42 Å². The van der Waals surface area contributed by atoms with Gasteiger partial charge in [0.2, 0.25) is 5.91 Å². The van der Waals surface area contributed by atoms with E-state index >= 15 is 0 Å². The standard InChI is InChI=1S/C40H73N2O6P/c1-6-8-10-12-13-14-15-16-17-18-19-20-21-22-23-24-25-26-27-28-29-30-32-34-40(44)41-38(39(43)33-31-11-9-7-2)37-48-49(45,46)47-36-35-42(3,4)5/h8,10,13-14,16-17,19-20,31,33,38-39,43H,6-7,9,11-12,15,18,21-30,32,34-37H2,1-5H3,(H-,41,44,45,46)/p+1/b10-8-,14-13-,17-16-,20-19-,33-31+. The Bertz CT molecular complexity index is 986. The molecule has 3 atom stereocenters. The highest BCUT2D eigenvalue weighted by molar-refractivity contribution is 7.47. The number of likely N-dealkylation sites (N-methyl/N-ethyl adjacent to an activating group) is 1. The second kappa shape index (κ2) is 32.1. The average molecular weight is 710 g/mol. The van der Waals surface area contributed by atoms with E-state index in [1.54, 1.807) is 6.08 Å². The summed E-state index contributed by atoms with van der Waals surface area (Å²) in [6.07, 6.45) is 40.6. The molecule has 0 radical (unpaired) electrons. The quantitative estimate of drug-likeness (QED) is 0.0271. The van der Waals surface area contributed by atoms with E-state index in [0.717, 1.165) is 64.2 Å². The van der Waals surface area contributed by atoms with Gasteiger partial charge in [0.1, 0.15) is 13.2 Å². The smallest absolute Gasteiger partial charge is 0.387 e. The van der Waals surface area contributed by atoms with Crippen LogP contribution in [0.4, 0.5) is 0 Å². The first-order valence-electron chi connectivity index (χ1n) is 19.2. The zero-order chi connectivity index (χ0) is 36.5. The fourth-order valence-electron chi connectivity index (χ4n) is 4.90. The predicted molar refractivity (Wildman–Crippen MR) is 207 cm³/mol. The molecule has 0 bridgehead atoms. The molecule has 0 aromatic carbocycles. The number of amides is 1. The number of nitrogens with one attached hydrogen (secondary N) is 1. The van der Waals surface area contributed by atoms with Crippen LogP contribution in [0.2, 0.25) is 0 Å². The third-order valence-electron chi connectivity index (χ3n) is 7.99. The summed E-state index contributed by atoms with van der Waals surface area (Å²) in [5, 5.41) is 13.5. The van der Waals surface area contributed by atoms with Crippen LogP contribution < -0.4 is 5.32 Å². The Hall–Kier alpha value is -1.80. The Kier molecular flexibility index (Phi) is 31.0. The zero-order valence-corrected chi connectivity index (χ0v) is 32.8. The lowest BCUT2D eigenvalue weighted by molar-refractivity contribution is -0.870. The van der Waals surface area contributed by atoms with E-state index in [1.165, 1.54) is 51.4 Å². The van der Waals surface area contributed by atoms with Gasteiger partial charge in [-0.1, -0.05) is 139 Å². The van der Waals surface area contributed by atoms with Crippen LogP contribution >= 0.6 is 7.82 Å². The molecule has 1 amide bonds. The van der Waals surface area contributed by atoms with Crippen molar-refractivity contribution >= 4 is 13.7 Å². The number of hydrogen-bond donors (Lipinski definition) is 3. The Balaban J connectivity index is 4.09.